The molecule has 0 rings (SSSR count). The average molecular weight is 286 g/mol. The fraction of sp³-hybridized carbons (Fsp3) is 0.667. The largest absolute Gasteiger partial charge is 0.301 e. The molecule has 0 heterocycles. The zero-order valence-electron chi connectivity index (χ0n) is 6.36. The SMILES string of the molecule is CC(Cl)(Cl)C(=O)C(Cl)(C=O)C(Cl)Cl. The van der Waals surface area contributed by atoms with Crippen molar-refractivity contribution >= 4 is 70.1 Å². The van der Waals surface area contributed by atoms with Crippen molar-refractivity contribution in [2.75, 3.05) is 0 Å². The van der Waals surface area contributed by atoms with Gasteiger partial charge in [-0.3, -0.25) is 4.79 Å². The number of Topliss-reactive ketones (excluding diaryl/α,β-unsaturated/α-hetero) is 1. The number of aldehydes is 1. The maximum absolute atomic E-state index is 11.4. The molecule has 0 aromatic carbocycles. The van der Waals surface area contributed by atoms with Gasteiger partial charge >= 0.3 is 0 Å². The molecule has 0 spiro atoms. The summed E-state index contributed by atoms with van der Waals surface area (Å²) >= 11 is 27.1. The second-order valence-electron chi connectivity index (χ2n) is 2.40. The molecule has 0 aromatic heterocycles. The third-order valence-corrected chi connectivity index (χ3v) is 2.97. The predicted octanol–water partition coefficient (Wildman–Crippen LogP) is 2.73. The van der Waals surface area contributed by atoms with E-state index in [1.165, 1.54) is 6.92 Å². The molecule has 0 bridgehead atoms. The molecule has 0 aliphatic rings. The molecule has 1 atom stereocenters. The molecule has 7 heteroatoms. The molecular formula is C6H5Cl5O2. The topological polar surface area (TPSA) is 34.1 Å². The van der Waals surface area contributed by atoms with Gasteiger partial charge in [0.2, 0.25) is 0 Å². The van der Waals surface area contributed by atoms with Crippen LogP contribution in [0.1, 0.15) is 6.92 Å². The Morgan fingerprint density at radius 2 is 1.69 bits per heavy atom. The van der Waals surface area contributed by atoms with Crippen molar-refractivity contribution in [3.63, 3.8) is 0 Å². The maximum atomic E-state index is 11.4. The second kappa shape index (κ2) is 4.54. The van der Waals surface area contributed by atoms with Gasteiger partial charge in [0.25, 0.3) is 0 Å². The Labute approximate surface area is 100 Å². The Bertz CT molecular complexity index is 222. The van der Waals surface area contributed by atoms with Crippen LogP contribution in [0.3, 0.4) is 0 Å². The van der Waals surface area contributed by atoms with E-state index in [4.69, 9.17) is 58.0 Å². The van der Waals surface area contributed by atoms with Gasteiger partial charge in [0.05, 0.1) is 0 Å². The van der Waals surface area contributed by atoms with Gasteiger partial charge in [-0.05, 0) is 6.92 Å². The number of ketones is 1. The highest BCUT2D eigenvalue weighted by atomic mass is 35.5. The van der Waals surface area contributed by atoms with Gasteiger partial charge in [-0.2, -0.15) is 0 Å². The van der Waals surface area contributed by atoms with Crippen LogP contribution in [-0.2, 0) is 9.59 Å². The monoisotopic (exact) mass is 284 g/mol. The van der Waals surface area contributed by atoms with Crippen molar-refractivity contribution in [2.24, 2.45) is 0 Å². The van der Waals surface area contributed by atoms with Gasteiger partial charge in [0.1, 0.15) is 4.84 Å². The van der Waals surface area contributed by atoms with Crippen LogP contribution in [-0.4, -0.2) is 26.1 Å². The molecule has 76 valence electrons. The molecule has 0 N–H and O–H groups in total. The first-order chi connectivity index (χ1) is 5.66. The highest BCUT2D eigenvalue weighted by Gasteiger charge is 2.49. The standard InChI is InChI=1S/C6H5Cl5O2/c1-5(9,10)3(13)6(11,2-12)4(7)8/h2,4H,1H3. The van der Waals surface area contributed by atoms with Crippen molar-refractivity contribution in [1.82, 2.24) is 0 Å². The van der Waals surface area contributed by atoms with Crippen LogP contribution in [0.25, 0.3) is 0 Å². The number of carbonyl (C=O) groups is 2. The number of rotatable bonds is 4. The molecule has 0 aromatic rings. The summed E-state index contributed by atoms with van der Waals surface area (Å²) in [6, 6.07) is 0. The van der Waals surface area contributed by atoms with Crippen molar-refractivity contribution in [3.05, 3.63) is 0 Å². The number of alkyl halides is 5. The Kier molecular flexibility index (Phi) is 4.82. The smallest absolute Gasteiger partial charge is 0.199 e. The molecule has 0 saturated heterocycles. The predicted molar refractivity (Wildman–Crippen MR) is 55.3 cm³/mol. The van der Waals surface area contributed by atoms with Crippen LogP contribution >= 0.6 is 58.0 Å². The van der Waals surface area contributed by atoms with Crippen molar-refractivity contribution in [2.45, 2.75) is 21.0 Å². The minimum Gasteiger partial charge on any atom is -0.301 e. The summed E-state index contributed by atoms with van der Waals surface area (Å²) < 4.78 is -1.80. The summed E-state index contributed by atoms with van der Waals surface area (Å²) in [6.07, 6.45) is 0.116. The van der Waals surface area contributed by atoms with E-state index in [-0.39, 0.29) is 6.29 Å². The third-order valence-electron chi connectivity index (χ3n) is 1.24. The first-order valence-corrected chi connectivity index (χ1v) is 5.03. The molecule has 0 radical (unpaired) electrons. The van der Waals surface area contributed by atoms with Crippen LogP contribution < -0.4 is 0 Å². The Balaban J connectivity index is 5.01. The average Bonchev–Trinajstić information content (AvgIpc) is 1.99. The van der Waals surface area contributed by atoms with Gasteiger partial charge in [-0.1, -0.05) is 34.8 Å². The normalized spacial score (nSPS) is 16.8. The first kappa shape index (κ1) is 13.8. The molecule has 0 fully saturated rings. The lowest BCUT2D eigenvalue weighted by atomic mass is 10.0. The van der Waals surface area contributed by atoms with Crippen molar-refractivity contribution < 1.29 is 9.59 Å². The van der Waals surface area contributed by atoms with E-state index in [0.29, 0.717) is 0 Å². The molecule has 0 aliphatic heterocycles. The van der Waals surface area contributed by atoms with E-state index in [0.717, 1.165) is 0 Å². The van der Waals surface area contributed by atoms with Gasteiger partial charge in [0, 0.05) is 0 Å². The maximum Gasteiger partial charge on any atom is 0.199 e. The molecule has 0 aliphatic carbocycles. The lowest BCUT2D eigenvalue weighted by Gasteiger charge is -2.24. The quantitative estimate of drug-likeness (QED) is 0.452. The minimum atomic E-state index is -2.10. The van der Waals surface area contributed by atoms with Gasteiger partial charge < -0.3 is 4.79 Å². The van der Waals surface area contributed by atoms with E-state index in [1.807, 2.05) is 0 Å². The van der Waals surface area contributed by atoms with E-state index < -0.39 is 19.8 Å². The Hall–Kier alpha value is 0.790. The molecular weight excluding hydrogens is 281 g/mol. The lowest BCUT2D eigenvalue weighted by Crippen LogP contribution is -2.48. The number of hydrogen-bond donors (Lipinski definition) is 0. The fourth-order valence-corrected chi connectivity index (χ4v) is 1.44. The van der Waals surface area contributed by atoms with Crippen LogP contribution in [0.2, 0.25) is 0 Å². The summed E-state index contributed by atoms with van der Waals surface area (Å²) in [6.45, 7) is 1.18. The summed E-state index contributed by atoms with van der Waals surface area (Å²) in [7, 11) is 0. The van der Waals surface area contributed by atoms with Crippen molar-refractivity contribution in [1.29, 1.82) is 0 Å². The van der Waals surface area contributed by atoms with Crippen LogP contribution in [0.15, 0.2) is 0 Å². The summed E-state index contributed by atoms with van der Waals surface area (Å²) in [5.74, 6) is -0.949. The number of halogens is 5. The zero-order valence-corrected chi connectivity index (χ0v) is 10.1. The van der Waals surface area contributed by atoms with Crippen LogP contribution in [0.4, 0.5) is 0 Å². The summed E-state index contributed by atoms with van der Waals surface area (Å²) in [4.78, 5) is 18.4. The van der Waals surface area contributed by atoms with E-state index in [1.54, 1.807) is 0 Å². The van der Waals surface area contributed by atoms with Crippen molar-refractivity contribution in [3.8, 4) is 0 Å². The number of hydrogen-bond acceptors (Lipinski definition) is 2. The molecule has 13 heavy (non-hydrogen) atoms. The molecule has 1 unspecified atom stereocenters. The molecule has 0 saturated carbocycles. The van der Waals surface area contributed by atoms with E-state index in [9.17, 15) is 9.59 Å². The highest BCUT2D eigenvalue weighted by Crippen LogP contribution is 2.35. The fourth-order valence-electron chi connectivity index (χ4n) is 0.540. The minimum absolute atomic E-state index is 0.116. The molecule has 2 nitrogen and oxygen atoms in total. The Morgan fingerprint density at radius 3 is 1.77 bits per heavy atom. The highest BCUT2D eigenvalue weighted by molar-refractivity contribution is 6.66. The second-order valence-corrected chi connectivity index (χ2v) is 5.83. The van der Waals surface area contributed by atoms with Gasteiger partial charge in [-0.15, -0.1) is 23.2 Å². The lowest BCUT2D eigenvalue weighted by molar-refractivity contribution is -0.125. The molecule has 0 amide bonds. The van der Waals surface area contributed by atoms with E-state index in [2.05, 4.69) is 0 Å². The summed E-state index contributed by atoms with van der Waals surface area (Å²) in [5.41, 5.74) is 0. The van der Waals surface area contributed by atoms with Crippen LogP contribution in [0.5, 0.6) is 0 Å². The Morgan fingerprint density at radius 1 is 1.31 bits per heavy atom. The van der Waals surface area contributed by atoms with Gasteiger partial charge in [0.15, 0.2) is 21.3 Å². The number of carbonyl (C=O) groups excluding carboxylic acids is 2. The van der Waals surface area contributed by atoms with E-state index >= 15 is 0 Å². The first-order valence-electron chi connectivity index (χ1n) is 3.02. The van der Waals surface area contributed by atoms with Gasteiger partial charge in [-0.25, -0.2) is 0 Å². The third kappa shape index (κ3) is 3.14. The zero-order chi connectivity index (χ0) is 10.9. The summed E-state index contributed by atoms with van der Waals surface area (Å²) in [5, 5.41) is 0. The van der Waals surface area contributed by atoms with Crippen LogP contribution in [0, 0.1) is 0 Å².